The summed E-state index contributed by atoms with van der Waals surface area (Å²) in [4.78, 5) is 2.44. The quantitative estimate of drug-likeness (QED) is 0.852. The van der Waals surface area contributed by atoms with Crippen LogP contribution in [-0.2, 0) is 5.60 Å². The fraction of sp³-hybridized carbons (Fsp3) is 0.636. The van der Waals surface area contributed by atoms with E-state index in [9.17, 15) is 5.11 Å². The normalized spacial score (nSPS) is 32.1. The molecule has 128 valence electrons. The van der Waals surface area contributed by atoms with E-state index in [-0.39, 0.29) is 5.41 Å². The van der Waals surface area contributed by atoms with E-state index < -0.39 is 5.60 Å². The van der Waals surface area contributed by atoms with Crippen molar-refractivity contribution in [2.75, 3.05) is 19.6 Å². The zero-order valence-electron chi connectivity index (χ0n) is 14.6. The third kappa shape index (κ3) is 2.79. The van der Waals surface area contributed by atoms with Gasteiger partial charge in [0.2, 0.25) is 0 Å². The zero-order valence-corrected chi connectivity index (χ0v) is 14.6. The maximum atomic E-state index is 11.8. The molecule has 2 bridgehead atoms. The van der Waals surface area contributed by atoms with Crippen molar-refractivity contribution < 1.29 is 5.11 Å². The first-order valence-electron chi connectivity index (χ1n) is 9.72. The Kier molecular flexibility index (Phi) is 4.41. The minimum Gasteiger partial charge on any atom is -0.373 e. The average Bonchev–Trinajstić information content (AvgIpc) is 3.26. The molecule has 1 saturated heterocycles. The topological polar surface area (TPSA) is 23.5 Å². The fourth-order valence-electron chi connectivity index (χ4n) is 5.29. The van der Waals surface area contributed by atoms with E-state index in [4.69, 9.17) is 0 Å². The Labute approximate surface area is 146 Å². The monoisotopic (exact) mass is 323 g/mol. The van der Waals surface area contributed by atoms with E-state index in [2.05, 4.69) is 28.9 Å². The number of piperidine rings is 1. The summed E-state index contributed by atoms with van der Waals surface area (Å²) >= 11 is 0. The predicted octanol–water partition coefficient (Wildman–Crippen LogP) is 3.94. The summed E-state index contributed by atoms with van der Waals surface area (Å²) in [6.07, 6.45) is 9.86. The van der Waals surface area contributed by atoms with Crippen LogP contribution in [0.2, 0.25) is 0 Å². The van der Waals surface area contributed by atoms with Crippen molar-refractivity contribution in [2.24, 2.45) is 11.3 Å². The molecule has 1 aromatic carbocycles. The number of hydrogen-bond acceptors (Lipinski definition) is 2. The molecule has 1 aromatic rings. The Bertz CT molecular complexity index is 614. The molecule has 4 rings (SSSR count). The van der Waals surface area contributed by atoms with Gasteiger partial charge in [0.15, 0.2) is 5.60 Å². The SMILES string of the molecule is O[C@@](C#CCN1CCCCC1)(c1ccccc1)C12CCC(CC1)C2. The minimum absolute atomic E-state index is 0.0199. The molecular weight excluding hydrogens is 294 g/mol. The second-order valence-electron chi connectivity index (χ2n) is 8.14. The van der Waals surface area contributed by atoms with Gasteiger partial charge in [-0.15, -0.1) is 0 Å². The van der Waals surface area contributed by atoms with Crippen molar-refractivity contribution in [2.45, 2.75) is 57.0 Å². The molecule has 2 heteroatoms. The number of aliphatic hydroxyl groups is 1. The first-order valence-corrected chi connectivity index (χ1v) is 9.72. The van der Waals surface area contributed by atoms with Crippen molar-refractivity contribution in [3.8, 4) is 11.8 Å². The molecule has 0 spiro atoms. The summed E-state index contributed by atoms with van der Waals surface area (Å²) in [5.74, 6) is 7.57. The third-order valence-corrected chi connectivity index (χ3v) is 6.72. The van der Waals surface area contributed by atoms with E-state index in [1.54, 1.807) is 0 Å². The van der Waals surface area contributed by atoms with Gasteiger partial charge in [0.1, 0.15) is 0 Å². The molecule has 2 nitrogen and oxygen atoms in total. The highest BCUT2D eigenvalue weighted by atomic mass is 16.3. The lowest BCUT2D eigenvalue weighted by atomic mass is 9.66. The van der Waals surface area contributed by atoms with Crippen LogP contribution < -0.4 is 0 Å². The minimum atomic E-state index is -0.977. The van der Waals surface area contributed by atoms with Gasteiger partial charge in [-0.05, 0) is 69.5 Å². The number of benzene rings is 1. The number of hydrogen-bond donors (Lipinski definition) is 1. The van der Waals surface area contributed by atoms with Gasteiger partial charge in [0, 0.05) is 5.41 Å². The standard InChI is InChI=1S/C22H29NO/c24-22(20-8-3-1-4-9-20,21-13-10-19(18-21)11-14-21)12-7-17-23-15-5-2-6-16-23/h1,3-4,8-9,19,24H,2,5-6,10-11,13-18H2/t19?,21?,22-/m0/s1. The van der Waals surface area contributed by atoms with Crippen LogP contribution in [-0.4, -0.2) is 29.6 Å². The first-order chi connectivity index (χ1) is 11.7. The lowest BCUT2D eigenvalue weighted by Gasteiger charge is -2.41. The van der Waals surface area contributed by atoms with Gasteiger partial charge in [-0.25, -0.2) is 0 Å². The molecule has 1 atom stereocenters. The summed E-state index contributed by atoms with van der Waals surface area (Å²) < 4.78 is 0. The Morgan fingerprint density at radius 3 is 2.42 bits per heavy atom. The van der Waals surface area contributed by atoms with Crippen molar-refractivity contribution in [1.82, 2.24) is 4.90 Å². The number of nitrogens with zero attached hydrogens (tertiary/aromatic N) is 1. The molecule has 24 heavy (non-hydrogen) atoms. The van der Waals surface area contributed by atoms with Gasteiger partial charge < -0.3 is 5.11 Å². The van der Waals surface area contributed by atoms with Crippen LogP contribution in [0.15, 0.2) is 30.3 Å². The van der Waals surface area contributed by atoms with Crippen LogP contribution >= 0.6 is 0 Å². The lowest BCUT2D eigenvalue weighted by Crippen LogP contribution is -2.42. The maximum absolute atomic E-state index is 11.8. The van der Waals surface area contributed by atoms with Crippen molar-refractivity contribution in [3.05, 3.63) is 35.9 Å². The number of rotatable bonds is 3. The molecule has 0 amide bonds. The highest BCUT2D eigenvalue weighted by Crippen LogP contribution is 2.62. The van der Waals surface area contributed by atoms with Gasteiger partial charge >= 0.3 is 0 Å². The van der Waals surface area contributed by atoms with Crippen molar-refractivity contribution in [3.63, 3.8) is 0 Å². The van der Waals surface area contributed by atoms with Gasteiger partial charge in [0.05, 0.1) is 6.54 Å². The van der Waals surface area contributed by atoms with E-state index in [0.29, 0.717) is 0 Å². The van der Waals surface area contributed by atoms with Crippen LogP contribution in [0.1, 0.15) is 56.9 Å². The van der Waals surface area contributed by atoms with Gasteiger partial charge in [0.25, 0.3) is 0 Å². The molecule has 3 fully saturated rings. The first kappa shape index (κ1) is 16.2. The summed E-state index contributed by atoms with van der Waals surface area (Å²) in [7, 11) is 0. The molecule has 1 aliphatic heterocycles. The second-order valence-corrected chi connectivity index (χ2v) is 8.14. The largest absolute Gasteiger partial charge is 0.373 e. The smallest absolute Gasteiger partial charge is 0.156 e. The van der Waals surface area contributed by atoms with E-state index in [1.807, 2.05) is 18.2 Å². The molecule has 0 aromatic heterocycles. The summed E-state index contributed by atoms with van der Waals surface area (Å²) in [6, 6.07) is 10.2. The van der Waals surface area contributed by atoms with Crippen LogP contribution in [0.25, 0.3) is 0 Å². The van der Waals surface area contributed by atoms with E-state index >= 15 is 0 Å². The number of likely N-dealkylation sites (tertiary alicyclic amines) is 1. The van der Waals surface area contributed by atoms with Gasteiger partial charge in [-0.3, -0.25) is 4.90 Å². The lowest BCUT2D eigenvalue weighted by molar-refractivity contribution is -0.0370. The van der Waals surface area contributed by atoms with Crippen molar-refractivity contribution in [1.29, 1.82) is 0 Å². The Balaban J connectivity index is 1.62. The average molecular weight is 323 g/mol. The van der Waals surface area contributed by atoms with Gasteiger partial charge in [-0.2, -0.15) is 0 Å². The second kappa shape index (κ2) is 6.54. The summed E-state index contributed by atoms with van der Waals surface area (Å²) in [5, 5.41) is 11.8. The van der Waals surface area contributed by atoms with Crippen LogP contribution in [0.4, 0.5) is 0 Å². The Hall–Kier alpha value is -1.30. The Morgan fingerprint density at radius 2 is 1.79 bits per heavy atom. The summed E-state index contributed by atoms with van der Waals surface area (Å²) in [5.41, 5.74) is 0.00198. The number of fused-ring (bicyclic) bond motifs is 2. The van der Waals surface area contributed by atoms with Crippen LogP contribution in [0.3, 0.4) is 0 Å². The molecule has 1 heterocycles. The molecule has 2 saturated carbocycles. The molecule has 0 unspecified atom stereocenters. The van der Waals surface area contributed by atoms with Crippen LogP contribution in [0, 0.1) is 23.2 Å². The van der Waals surface area contributed by atoms with E-state index in [0.717, 1.165) is 50.4 Å². The van der Waals surface area contributed by atoms with Crippen molar-refractivity contribution >= 4 is 0 Å². The molecule has 0 radical (unpaired) electrons. The molecule has 2 aliphatic carbocycles. The molecule has 1 N–H and O–H groups in total. The van der Waals surface area contributed by atoms with E-state index in [1.165, 1.54) is 32.1 Å². The molecular formula is C22H29NO. The maximum Gasteiger partial charge on any atom is 0.156 e. The highest BCUT2D eigenvalue weighted by Gasteiger charge is 2.57. The Morgan fingerprint density at radius 1 is 1.08 bits per heavy atom. The zero-order chi connectivity index (χ0) is 16.5. The molecule has 3 aliphatic rings. The van der Waals surface area contributed by atoms with Gasteiger partial charge in [-0.1, -0.05) is 48.6 Å². The van der Waals surface area contributed by atoms with Crippen LogP contribution in [0.5, 0.6) is 0 Å². The fourth-order valence-corrected chi connectivity index (χ4v) is 5.29. The third-order valence-electron chi connectivity index (χ3n) is 6.72. The predicted molar refractivity (Wildman–Crippen MR) is 97.4 cm³/mol. The summed E-state index contributed by atoms with van der Waals surface area (Å²) in [6.45, 7) is 3.12. The highest BCUT2D eigenvalue weighted by molar-refractivity contribution is 5.37.